The van der Waals surface area contributed by atoms with Gasteiger partial charge < -0.3 is 0 Å². The van der Waals surface area contributed by atoms with E-state index in [1.54, 1.807) is 0 Å². The Labute approximate surface area is 125 Å². The van der Waals surface area contributed by atoms with Crippen LogP contribution in [0.25, 0.3) is 11.4 Å². The second-order valence-electron chi connectivity index (χ2n) is 5.70. The summed E-state index contributed by atoms with van der Waals surface area (Å²) in [6, 6.07) is 6.41. The SMILES string of the molecule is Cc1cc(C)cc(-c2nc(Cl)c3c(n2)CCCCC3)c1. The number of hydrogen-bond acceptors (Lipinski definition) is 2. The highest BCUT2D eigenvalue weighted by Crippen LogP contribution is 2.28. The number of aromatic nitrogens is 2. The highest BCUT2D eigenvalue weighted by molar-refractivity contribution is 6.30. The zero-order valence-corrected chi connectivity index (χ0v) is 12.8. The summed E-state index contributed by atoms with van der Waals surface area (Å²) in [4.78, 5) is 9.33. The maximum atomic E-state index is 6.40. The van der Waals surface area contributed by atoms with Crippen LogP contribution in [-0.4, -0.2) is 9.97 Å². The van der Waals surface area contributed by atoms with Gasteiger partial charge in [-0.25, -0.2) is 9.97 Å². The van der Waals surface area contributed by atoms with Crippen molar-refractivity contribution in [1.29, 1.82) is 0 Å². The molecule has 1 aliphatic carbocycles. The van der Waals surface area contributed by atoms with E-state index in [-0.39, 0.29) is 0 Å². The number of hydrogen-bond donors (Lipinski definition) is 0. The Balaban J connectivity index is 2.10. The van der Waals surface area contributed by atoms with Crippen LogP contribution >= 0.6 is 11.6 Å². The average Bonchev–Trinajstić information content (AvgIpc) is 2.63. The average molecular weight is 287 g/mol. The van der Waals surface area contributed by atoms with Crippen molar-refractivity contribution in [3.05, 3.63) is 45.7 Å². The molecule has 0 bridgehead atoms. The molecule has 0 saturated carbocycles. The topological polar surface area (TPSA) is 25.8 Å². The molecular formula is C17H19ClN2. The first-order valence-corrected chi connectivity index (χ1v) is 7.65. The molecule has 0 radical (unpaired) electrons. The van der Waals surface area contributed by atoms with Gasteiger partial charge in [-0.05, 0) is 51.7 Å². The number of halogens is 1. The van der Waals surface area contributed by atoms with Gasteiger partial charge in [0, 0.05) is 16.8 Å². The van der Waals surface area contributed by atoms with E-state index in [0.717, 1.165) is 35.5 Å². The summed E-state index contributed by atoms with van der Waals surface area (Å²) in [5.74, 6) is 0.766. The molecule has 2 aromatic rings. The highest BCUT2D eigenvalue weighted by atomic mass is 35.5. The summed E-state index contributed by atoms with van der Waals surface area (Å²) < 4.78 is 0. The van der Waals surface area contributed by atoms with Crippen molar-refractivity contribution >= 4 is 11.6 Å². The van der Waals surface area contributed by atoms with Crippen LogP contribution in [0.4, 0.5) is 0 Å². The Hall–Kier alpha value is -1.41. The van der Waals surface area contributed by atoms with Crippen molar-refractivity contribution in [2.75, 3.05) is 0 Å². The van der Waals surface area contributed by atoms with Gasteiger partial charge >= 0.3 is 0 Å². The molecule has 1 aromatic carbocycles. The minimum atomic E-state index is 0.644. The zero-order valence-electron chi connectivity index (χ0n) is 12.0. The van der Waals surface area contributed by atoms with Gasteiger partial charge in [-0.3, -0.25) is 0 Å². The minimum absolute atomic E-state index is 0.644. The van der Waals surface area contributed by atoms with Crippen molar-refractivity contribution < 1.29 is 0 Å². The number of fused-ring (bicyclic) bond motifs is 1. The van der Waals surface area contributed by atoms with Gasteiger partial charge in [-0.15, -0.1) is 0 Å². The Bertz CT molecular complexity index is 629. The Morgan fingerprint density at radius 1 is 0.900 bits per heavy atom. The third-order valence-electron chi connectivity index (χ3n) is 3.86. The number of aryl methyl sites for hydroxylation is 3. The molecule has 0 saturated heterocycles. The van der Waals surface area contributed by atoms with E-state index < -0.39 is 0 Å². The summed E-state index contributed by atoms with van der Waals surface area (Å²) in [6.45, 7) is 4.20. The lowest BCUT2D eigenvalue weighted by atomic mass is 10.1. The van der Waals surface area contributed by atoms with Gasteiger partial charge in [0.2, 0.25) is 0 Å². The summed E-state index contributed by atoms with van der Waals surface area (Å²) in [5, 5.41) is 0.644. The molecule has 1 heterocycles. The lowest BCUT2D eigenvalue weighted by molar-refractivity contribution is 0.709. The quantitative estimate of drug-likeness (QED) is 0.562. The van der Waals surface area contributed by atoms with Crippen molar-refractivity contribution in [1.82, 2.24) is 9.97 Å². The van der Waals surface area contributed by atoms with Crippen LogP contribution in [0.15, 0.2) is 18.2 Å². The Kier molecular flexibility index (Phi) is 3.75. The van der Waals surface area contributed by atoms with Crippen molar-refractivity contribution in [3.8, 4) is 11.4 Å². The molecule has 0 fully saturated rings. The van der Waals surface area contributed by atoms with E-state index in [9.17, 15) is 0 Å². The van der Waals surface area contributed by atoms with E-state index in [4.69, 9.17) is 16.6 Å². The molecule has 3 rings (SSSR count). The zero-order chi connectivity index (χ0) is 14.1. The van der Waals surface area contributed by atoms with Crippen LogP contribution in [0.3, 0.4) is 0 Å². The lowest BCUT2D eigenvalue weighted by Gasteiger charge is -2.10. The van der Waals surface area contributed by atoms with Crippen molar-refractivity contribution in [3.63, 3.8) is 0 Å². The highest BCUT2D eigenvalue weighted by Gasteiger charge is 2.16. The van der Waals surface area contributed by atoms with Gasteiger partial charge in [0.1, 0.15) is 5.15 Å². The first kappa shape index (κ1) is 13.6. The summed E-state index contributed by atoms with van der Waals surface area (Å²) in [6.07, 6.45) is 5.69. The number of rotatable bonds is 1. The monoisotopic (exact) mass is 286 g/mol. The fourth-order valence-corrected chi connectivity index (χ4v) is 3.24. The number of benzene rings is 1. The smallest absolute Gasteiger partial charge is 0.161 e. The largest absolute Gasteiger partial charge is 0.233 e. The lowest BCUT2D eigenvalue weighted by Crippen LogP contribution is -2.02. The molecular weight excluding hydrogens is 268 g/mol. The molecule has 2 nitrogen and oxygen atoms in total. The van der Waals surface area contributed by atoms with Crippen LogP contribution < -0.4 is 0 Å². The van der Waals surface area contributed by atoms with Crippen molar-refractivity contribution in [2.45, 2.75) is 46.0 Å². The Morgan fingerprint density at radius 2 is 1.60 bits per heavy atom. The minimum Gasteiger partial charge on any atom is -0.233 e. The molecule has 0 aliphatic heterocycles. The molecule has 1 aliphatic rings. The molecule has 0 atom stereocenters. The normalized spacial score (nSPS) is 14.8. The third-order valence-corrected chi connectivity index (χ3v) is 4.18. The summed E-state index contributed by atoms with van der Waals surface area (Å²) in [5.41, 5.74) is 5.84. The first-order valence-electron chi connectivity index (χ1n) is 7.27. The van der Waals surface area contributed by atoms with E-state index >= 15 is 0 Å². The second-order valence-corrected chi connectivity index (χ2v) is 6.06. The molecule has 0 spiro atoms. The van der Waals surface area contributed by atoms with Crippen LogP contribution in [0.2, 0.25) is 5.15 Å². The molecule has 0 amide bonds. The number of nitrogens with zero attached hydrogens (tertiary/aromatic N) is 2. The van der Waals surface area contributed by atoms with Crippen LogP contribution in [-0.2, 0) is 12.8 Å². The summed E-state index contributed by atoms with van der Waals surface area (Å²) in [7, 11) is 0. The predicted molar refractivity (Wildman–Crippen MR) is 83.2 cm³/mol. The van der Waals surface area contributed by atoms with Gasteiger partial charge in [0.05, 0.1) is 0 Å². The molecule has 3 heteroatoms. The molecule has 104 valence electrons. The predicted octanol–water partition coefficient (Wildman–Crippen LogP) is 4.68. The molecule has 1 aromatic heterocycles. The van der Waals surface area contributed by atoms with E-state index in [2.05, 4.69) is 37.0 Å². The molecule has 20 heavy (non-hydrogen) atoms. The fraction of sp³-hybridized carbons (Fsp3) is 0.412. The first-order chi connectivity index (χ1) is 9.63. The van der Waals surface area contributed by atoms with Crippen molar-refractivity contribution in [2.24, 2.45) is 0 Å². The fourth-order valence-electron chi connectivity index (χ4n) is 2.96. The molecule has 0 N–H and O–H groups in total. The van der Waals surface area contributed by atoms with Crippen LogP contribution in [0.1, 0.15) is 41.6 Å². The van der Waals surface area contributed by atoms with E-state index in [1.807, 2.05) is 0 Å². The van der Waals surface area contributed by atoms with Crippen LogP contribution in [0, 0.1) is 13.8 Å². The van der Waals surface area contributed by atoms with Crippen LogP contribution in [0.5, 0.6) is 0 Å². The Morgan fingerprint density at radius 3 is 2.35 bits per heavy atom. The second kappa shape index (κ2) is 5.53. The van der Waals surface area contributed by atoms with E-state index in [0.29, 0.717) is 5.15 Å². The third kappa shape index (κ3) is 2.71. The van der Waals surface area contributed by atoms with E-state index in [1.165, 1.54) is 30.4 Å². The maximum Gasteiger partial charge on any atom is 0.161 e. The standard InChI is InChI=1S/C17H19ClN2/c1-11-8-12(2)10-13(9-11)17-19-15-7-5-3-4-6-14(15)16(18)20-17/h8-10H,3-7H2,1-2H3. The van der Waals surface area contributed by atoms with Gasteiger partial charge in [0.25, 0.3) is 0 Å². The molecule has 0 unspecified atom stereocenters. The van der Waals surface area contributed by atoms with Gasteiger partial charge in [0.15, 0.2) is 5.82 Å². The maximum absolute atomic E-state index is 6.40. The van der Waals surface area contributed by atoms with Gasteiger partial charge in [-0.1, -0.05) is 35.2 Å². The summed E-state index contributed by atoms with van der Waals surface area (Å²) >= 11 is 6.40. The van der Waals surface area contributed by atoms with Gasteiger partial charge in [-0.2, -0.15) is 0 Å².